The predicted molar refractivity (Wildman–Crippen MR) is 104 cm³/mol. The van der Waals surface area contributed by atoms with Crippen molar-refractivity contribution in [3.8, 4) is 0 Å². The largest absolute Gasteiger partial charge is 0.369 e. The lowest BCUT2D eigenvalue weighted by molar-refractivity contribution is -0.384. The van der Waals surface area contributed by atoms with Gasteiger partial charge in [-0.25, -0.2) is 0 Å². The number of aryl methyl sites for hydroxylation is 1. The molecule has 0 aliphatic carbocycles. The van der Waals surface area contributed by atoms with Gasteiger partial charge in [0, 0.05) is 67.1 Å². The van der Waals surface area contributed by atoms with Gasteiger partial charge in [0.25, 0.3) is 5.69 Å². The minimum Gasteiger partial charge on any atom is -0.369 e. The Morgan fingerprint density at radius 2 is 1.73 bits per heavy atom. The Morgan fingerprint density at radius 3 is 2.42 bits per heavy atom. The lowest BCUT2D eigenvalue weighted by atomic mass is 10.1. The zero-order valence-corrected chi connectivity index (χ0v) is 14.8. The Labute approximate surface area is 152 Å². The summed E-state index contributed by atoms with van der Waals surface area (Å²) < 4.78 is 0. The second-order valence-electron chi connectivity index (χ2n) is 6.81. The van der Waals surface area contributed by atoms with Crippen LogP contribution >= 0.6 is 0 Å². The summed E-state index contributed by atoms with van der Waals surface area (Å²) in [6.45, 7) is 6.91. The van der Waals surface area contributed by atoms with Crippen LogP contribution in [0.4, 0.5) is 11.4 Å². The molecule has 2 heterocycles. The molecular weight excluding hydrogens is 328 g/mol. The summed E-state index contributed by atoms with van der Waals surface area (Å²) in [5.74, 6) is 0. The van der Waals surface area contributed by atoms with Gasteiger partial charge in [-0.15, -0.1) is 0 Å². The van der Waals surface area contributed by atoms with Gasteiger partial charge in [-0.2, -0.15) is 0 Å². The van der Waals surface area contributed by atoms with Gasteiger partial charge in [0.05, 0.1) is 4.92 Å². The number of rotatable bonds is 4. The molecule has 1 fully saturated rings. The lowest BCUT2D eigenvalue weighted by Gasteiger charge is -2.36. The number of aromatic nitrogens is 1. The third-order valence-electron chi connectivity index (χ3n) is 5.21. The summed E-state index contributed by atoms with van der Waals surface area (Å²) >= 11 is 0. The first-order valence-electron chi connectivity index (χ1n) is 8.90. The minimum atomic E-state index is -0.356. The summed E-state index contributed by atoms with van der Waals surface area (Å²) in [5.41, 5.74) is 5.01. The van der Waals surface area contributed by atoms with Crippen LogP contribution in [0.2, 0.25) is 0 Å². The fraction of sp³-hybridized carbons (Fsp3) is 0.300. The van der Waals surface area contributed by atoms with Gasteiger partial charge in [0.2, 0.25) is 0 Å². The van der Waals surface area contributed by atoms with E-state index in [1.54, 1.807) is 12.1 Å². The number of hydrogen-bond acceptors (Lipinski definition) is 4. The van der Waals surface area contributed by atoms with Gasteiger partial charge in [-0.1, -0.05) is 18.2 Å². The average Bonchev–Trinajstić information content (AvgIpc) is 2.98. The van der Waals surface area contributed by atoms with Gasteiger partial charge in [0.1, 0.15) is 0 Å². The number of nitro groups is 1. The minimum absolute atomic E-state index is 0.141. The number of H-pyrrole nitrogens is 1. The van der Waals surface area contributed by atoms with Crippen molar-refractivity contribution in [1.29, 1.82) is 0 Å². The van der Waals surface area contributed by atoms with Crippen molar-refractivity contribution in [3.05, 3.63) is 69.9 Å². The molecule has 0 atom stereocenters. The van der Waals surface area contributed by atoms with Gasteiger partial charge in [-0.3, -0.25) is 15.0 Å². The molecule has 134 valence electrons. The van der Waals surface area contributed by atoms with Gasteiger partial charge < -0.3 is 9.88 Å². The van der Waals surface area contributed by atoms with Crippen LogP contribution < -0.4 is 4.90 Å². The van der Waals surface area contributed by atoms with Gasteiger partial charge in [-0.05, 0) is 30.7 Å². The second kappa shape index (κ2) is 6.80. The molecule has 1 aliphatic heterocycles. The van der Waals surface area contributed by atoms with E-state index in [0.29, 0.717) is 0 Å². The van der Waals surface area contributed by atoms with Crippen LogP contribution in [-0.2, 0) is 6.54 Å². The summed E-state index contributed by atoms with van der Waals surface area (Å²) in [6, 6.07) is 15.3. The molecular formula is C20H22N4O2. The molecule has 1 N–H and O–H groups in total. The maximum absolute atomic E-state index is 10.8. The fourth-order valence-electron chi connectivity index (χ4n) is 3.71. The number of fused-ring (bicyclic) bond motifs is 1. The molecule has 1 aliphatic rings. The van der Waals surface area contributed by atoms with E-state index in [1.165, 1.54) is 22.2 Å². The summed E-state index contributed by atoms with van der Waals surface area (Å²) in [7, 11) is 0. The van der Waals surface area contributed by atoms with Crippen molar-refractivity contribution in [2.45, 2.75) is 13.5 Å². The molecule has 6 nitrogen and oxygen atoms in total. The molecule has 0 radical (unpaired) electrons. The number of nitro benzene ring substituents is 1. The predicted octanol–water partition coefficient (Wildman–Crippen LogP) is 3.71. The number of nitrogens with zero attached hydrogens (tertiary/aromatic N) is 3. The zero-order valence-electron chi connectivity index (χ0n) is 14.8. The van der Waals surface area contributed by atoms with Crippen LogP contribution in [-0.4, -0.2) is 41.0 Å². The van der Waals surface area contributed by atoms with E-state index in [-0.39, 0.29) is 10.6 Å². The highest BCUT2D eigenvalue weighted by atomic mass is 16.6. The molecule has 3 aromatic rings. The molecule has 0 unspecified atom stereocenters. The molecule has 0 spiro atoms. The highest BCUT2D eigenvalue weighted by Crippen LogP contribution is 2.25. The molecule has 2 aromatic carbocycles. The van der Waals surface area contributed by atoms with Crippen LogP contribution in [0.25, 0.3) is 10.9 Å². The normalized spacial score (nSPS) is 15.5. The molecule has 1 saturated heterocycles. The zero-order chi connectivity index (χ0) is 18.1. The highest BCUT2D eigenvalue weighted by Gasteiger charge is 2.20. The average molecular weight is 350 g/mol. The standard InChI is InChI=1S/C20H22N4O2/c1-15-19(18-4-2-3-5-20(18)21-15)14-22-10-12-23(13-11-22)16-6-8-17(9-7-16)24(25)26/h2-9,21H,10-14H2,1H3. The van der Waals surface area contributed by atoms with E-state index in [2.05, 4.69) is 46.0 Å². The number of nitrogens with one attached hydrogen (secondary N) is 1. The monoisotopic (exact) mass is 350 g/mol. The maximum Gasteiger partial charge on any atom is 0.269 e. The molecule has 4 rings (SSSR count). The van der Waals surface area contributed by atoms with Crippen molar-refractivity contribution >= 4 is 22.3 Å². The molecule has 26 heavy (non-hydrogen) atoms. The van der Waals surface area contributed by atoms with Crippen molar-refractivity contribution in [2.75, 3.05) is 31.1 Å². The Hall–Kier alpha value is -2.86. The fourth-order valence-corrected chi connectivity index (χ4v) is 3.71. The number of anilines is 1. The van der Waals surface area contributed by atoms with Crippen LogP contribution in [0.15, 0.2) is 48.5 Å². The van der Waals surface area contributed by atoms with E-state index < -0.39 is 0 Å². The van der Waals surface area contributed by atoms with Crippen LogP contribution in [0, 0.1) is 17.0 Å². The first-order valence-corrected chi connectivity index (χ1v) is 8.90. The third kappa shape index (κ3) is 3.15. The van der Waals surface area contributed by atoms with Crippen molar-refractivity contribution in [1.82, 2.24) is 9.88 Å². The number of para-hydroxylation sites is 1. The quantitative estimate of drug-likeness (QED) is 0.575. The third-order valence-corrected chi connectivity index (χ3v) is 5.21. The van der Waals surface area contributed by atoms with Crippen molar-refractivity contribution in [2.24, 2.45) is 0 Å². The number of aromatic amines is 1. The van der Waals surface area contributed by atoms with E-state index in [9.17, 15) is 10.1 Å². The topological polar surface area (TPSA) is 65.4 Å². The first kappa shape index (κ1) is 16.6. The van der Waals surface area contributed by atoms with Crippen LogP contribution in [0.1, 0.15) is 11.3 Å². The van der Waals surface area contributed by atoms with Gasteiger partial charge >= 0.3 is 0 Å². The summed E-state index contributed by atoms with van der Waals surface area (Å²) in [5, 5.41) is 12.1. The van der Waals surface area contributed by atoms with E-state index in [4.69, 9.17) is 0 Å². The summed E-state index contributed by atoms with van der Waals surface area (Å²) in [6.07, 6.45) is 0. The number of piperazine rings is 1. The van der Waals surface area contributed by atoms with Crippen molar-refractivity contribution in [3.63, 3.8) is 0 Å². The highest BCUT2D eigenvalue weighted by molar-refractivity contribution is 5.84. The van der Waals surface area contributed by atoms with E-state index >= 15 is 0 Å². The molecule has 0 amide bonds. The molecule has 0 saturated carbocycles. The lowest BCUT2D eigenvalue weighted by Crippen LogP contribution is -2.46. The smallest absolute Gasteiger partial charge is 0.269 e. The van der Waals surface area contributed by atoms with Crippen LogP contribution in [0.3, 0.4) is 0 Å². The van der Waals surface area contributed by atoms with Crippen LogP contribution in [0.5, 0.6) is 0 Å². The maximum atomic E-state index is 10.8. The van der Waals surface area contributed by atoms with Gasteiger partial charge in [0.15, 0.2) is 0 Å². The molecule has 1 aromatic heterocycles. The van der Waals surface area contributed by atoms with E-state index in [0.717, 1.165) is 38.4 Å². The Kier molecular flexibility index (Phi) is 4.34. The Morgan fingerprint density at radius 1 is 1.04 bits per heavy atom. The van der Waals surface area contributed by atoms with Crippen molar-refractivity contribution < 1.29 is 4.92 Å². The first-order chi connectivity index (χ1) is 12.6. The number of benzene rings is 2. The number of hydrogen-bond donors (Lipinski definition) is 1. The summed E-state index contributed by atoms with van der Waals surface area (Å²) in [4.78, 5) is 18.7. The Bertz CT molecular complexity index is 925. The molecule has 6 heteroatoms. The second-order valence-corrected chi connectivity index (χ2v) is 6.81. The Balaban J connectivity index is 1.42. The molecule has 0 bridgehead atoms. The van der Waals surface area contributed by atoms with E-state index in [1.807, 2.05) is 12.1 Å². The SMILES string of the molecule is Cc1[nH]c2ccccc2c1CN1CCN(c2ccc([N+](=O)[O-])cc2)CC1. The number of non-ortho nitro benzene ring substituents is 1.